The molecule has 6 nitrogen and oxygen atoms in total. The Balaban J connectivity index is 1.52. The second-order valence-corrected chi connectivity index (χ2v) is 9.04. The SMILES string of the molecule is COc1ccccc1OCCN1C(=O)S/C(=C\c2cc(C)n(-c3cccc(C(F)(F)F)c3)c2C)C1=O. The third-order valence-electron chi connectivity index (χ3n) is 5.70. The van der Waals surface area contributed by atoms with E-state index in [1.54, 1.807) is 60.9 Å². The molecule has 3 aromatic rings. The van der Waals surface area contributed by atoms with Crippen LogP contribution in [0.4, 0.5) is 18.0 Å². The summed E-state index contributed by atoms with van der Waals surface area (Å²) in [5.41, 5.74) is 1.60. The van der Waals surface area contributed by atoms with E-state index in [0.717, 1.165) is 28.8 Å². The quantitative estimate of drug-likeness (QED) is 0.348. The number of hydrogen-bond donors (Lipinski definition) is 0. The fourth-order valence-corrected chi connectivity index (χ4v) is 4.83. The van der Waals surface area contributed by atoms with Gasteiger partial charge in [0.05, 0.1) is 24.1 Å². The highest BCUT2D eigenvalue weighted by Crippen LogP contribution is 2.35. The number of imide groups is 1. The minimum absolute atomic E-state index is 0.0588. The summed E-state index contributed by atoms with van der Waals surface area (Å²) in [6.45, 7) is 3.68. The van der Waals surface area contributed by atoms with Crippen molar-refractivity contribution in [3.8, 4) is 17.2 Å². The standard InChI is InChI=1S/C26H23F3N2O4S/c1-16-13-18(17(2)31(16)20-8-6-7-19(15-20)26(27,28)29)14-23-24(32)30(25(33)36-23)11-12-35-22-10-5-4-9-21(22)34-3/h4-10,13-15H,11-12H2,1-3H3/b23-14-. The van der Waals surface area contributed by atoms with Gasteiger partial charge in [0.15, 0.2) is 11.5 Å². The molecule has 36 heavy (non-hydrogen) atoms. The molecule has 0 unspecified atom stereocenters. The van der Waals surface area contributed by atoms with E-state index in [1.807, 2.05) is 0 Å². The van der Waals surface area contributed by atoms with Gasteiger partial charge in [-0.25, -0.2) is 0 Å². The number of ether oxygens (including phenoxy) is 2. The number of aryl methyl sites for hydroxylation is 1. The first-order chi connectivity index (χ1) is 17.1. The van der Waals surface area contributed by atoms with Crippen LogP contribution in [0.5, 0.6) is 11.5 Å². The van der Waals surface area contributed by atoms with E-state index in [-0.39, 0.29) is 18.1 Å². The van der Waals surface area contributed by atoms with E-state index < -0.39 is 22.9 Å². The van der Waals surface area contributed by atoms with Crippen molar-refractivity contribution in [3.05, 3.63) is 82.0 Å². The molecule has 1 fully saturated rings. The lowest BCUT2D eigenvalue weighted by Gasteiger charge is -2.14. The molecule has 1 aromatic heterocycles. The maximum absolute atomic E-state index is 13.2. The highest BCUT2D eigenvalue weighted by atomic mass is 32.2. The molecule has 0 atom stereocenters. The lowest BCUT2D eigenvalue weighted by molar-refractivity contribution is -0.137. The number of aromatic nitrogens is 1. The van der Waals surface area contributed by atoms with Crippen LogP contribution in [0.3, 0.4) is 0 Å². The number of halogens is 3. The van der Waals surface area contributed by atoms with Crippen molar-refractivity contribution in [2.75, 3.05) is 20.3 Å². The van der Waals surface area contributed by atoms with Gasteiger partial charge in [0.1, 0.15) is 6.61 Å². The van der Waals surface area contributed by atoms with Gasteiger partial charge >= 0.3 is 6.18 Å². The Kier molecular flexibility index (Phi) is 7.16. The van der Waals surface area contributed by atoms with Crippen LogP contribution in [-0.2, 0) is 11.0 Å². The predicted molar refractivity (Wildman–Crippen MR) is 131 cm³/mol. The first-order valence-electron chi connectivity index (χ1n) is 11.0. The maximum Gasteiger partial charge on any atom is 0.416 e. The zero-order valence-electron chi connectivity index (χ0n) is 19.8. The van der Waals surface area contributed by atoms with E-state index in [4.69, 9.17) is 9.47 Å². The Hall–Kier alpha value is -3.66. The van der Waals surface area contributed by atoms with Crippen LogP contribution in [0.15, 0.2) is 59.5 Å². The van der Waals surface area contributed by atoms with Crippen LogP contribution in [0, 0.1) is 13.8 Å². The Morgan fingerprint density at radius 1 is 1.00 bits per heavy atom. The number of alkyl halides is 3. The molecule has 2 aromatic carbocycles. The van der Waals surface area contributed by atoms with Gasteiger partial charge in [-0.15, -0.1) is 0 Å². The van der Waals surface area contributed by atoms with Crippen molar-refractivity contribution in [1.29, 1.82) is 0 Å². The van der Waals surface area contributed by atoms with Gasteiger partial charge in [0.2, 0.25) is 0 Å². The minimum Gasteiger partial charge on any atom is -0.493 e. The average Bonchev–Trinajstić information content (AvgIpc) is 3.27. The second-order valence-electron chi connectivity index (χ2n) is 8.04. The first-order valence-corrected chi connectivity index (χ1v) is 11.8. The number of hydrogen-bond acceptors (Lipinski definition) is 5. The van der Waals surface area contributed by atoms with Crippen LogP contribution in [0.25, 0.3) is 11.8 Å². The largest absolute Gasteiger partial charge is 0.493 e. The highest BCUT2D eigenvalue weighted by Gasteiger charge is 2.35. The molecular formula is C26H23F3N2O4S. The lowest BCUT2D eigenvalue weighted by atomic mass is 10.2. The summed E-state index contributed by atoms with van der Waals surface area (Å²) in [5.74, 6) is 0.602. The molecule has 2 amide bonds. The lowest BCUT2D eigenvalue weighted by Crippen LogP contribution is -2.32. The topological polar surface area (TPSA) is 60.8 Å². The van der Waals surface area contributed by atoms with E-state index >= 15 is 0 Å². The van der Waals surface area contributed by atoms with Crippen molar-refractivity contribution >= 4 is 29.0 Å². The Morgan fingerprint density at radius 2 is 1.72 bits per heavy atom. The molecule has 0 radical (unpaired) electrons. The number of carbonyl (C=O) groups is 2. The molecule has 1 saturated heterocycles. The van der Waals surface area contributed by atoms with Crippen LogP contribution < -0.4 is 9.47 Å². The number of benzene rings is 2. The molecule has 0 bridgehead atoms. The summed E-state index contributed by atoms with van der Waals surface area (Å²) in [4.78, 5) is 26.8. The summed E-state index contributed by atoms with van der Waals surface area (Å²) in [6.07, 6.45) is -2.86. The summed E-state index contributed by atoms with van der Waals surface area (Å²) < 4.78 is 52.2. The molecule has 1 aliphatic heterocycles. The fourth-order valence-electron chi connectivity index (χ4n) is 3.97. The van der Waals surface area contributed by atoms with Gasteiger partial charge in [0, 0.05) is 17.1 Å². The molecule has 4 rings (SSSR count). The third kappa shape index (κ3) is 5.13. The van der Waals surface area contributed by atoms with Crippen LogP contribution >= 0.6 is 11.8 Å². The molecule has 10 heteroatoms. The van der Waals surface area contributed by atoms with Crippen LogP contribution in [0.2, 0.25) is 0 Å². The number of methoxy groups -OCH3 is 1. The van der Waals surface area contributed by atoms with E-state index in [2.05, 4.69) is 0 Å². The van der Waals surface area contributed by atoms with Crippen molar-refractivity contribution < 1.29 is 32.2 Å². The molecular weight excluding hydrogens is 493 g/mol. The van der Waals surface area contributed by atoms with E-state index in [0.29, 0.717) is 34.1 Å². The highest BCUT2D eigenvalue weighted by molar-refractivity contribution is 8.18. The predicted octanol–water partition coefficient (Wildman–Crippen LogP) is 6.24. The summed E-state index contributed by atoms with van der Waals surface area (Å²) in [6, 6.07) is 13.9. The molecule has 0 N–H and O–H groups in total. The number of para-hydroxylation sites is 2. The van der Waals surface area contributed by atoms with Gasteiger partial charge in [-0.1, -0.05) is 18.2 Å². The minimum atomic E-state index is -4.46. The fraction of sp³-hybridized carbons (Fsp3) is 0.231. The van der Waals surface area contributed by atoms with Crippen molar-refractivity contribution in [2.45, 2.75) is 20.0 Å². The number of carbonyl (C=O) groups excluding carboxylic acids is 2. The molecule has 188 valence electrons. The molecule has 1 aliphatic rings. The van der Waals surface area contributed by atoms with Gasteiger partial charge in [-0.2, -0.15) is 13.2 Å². The molecule has 2 heterocycles. The van der Waals surface area contributed by atoms with E-state index in [1.165, 1.54) is 13.2 Å². The van der Waals surface area contributed by atoms with Crippen molar-refractivity contribution in [2.24, 2.45) is 0 Å². The first kappa shape index (κ1) is 25.4. The van der Waals surface area contributed by atoms with Crippen LogP contribution in [-0.4, -0.2) is 40.9 Å². The number of nitrogens with zero attached hydrogens (tertiary/aromatic N) is 2. The maximum atomic E-state index is 13.2. The third-order valence-corrected chi connectivity index (χ3v) is 6.61. The van der Waals surface area contributed by atoms with E-state index in [9.17, 15) is 22.8 Å². The number of amides is 2. The monoisotopic (exact) mass is 516 g/mol. The smallest absolute Gasteiger partial charge is 0.416 e. The van der Waals surface area contributed by atoms with Gasteiger partial charge in [-0.05, 0) is 73.6 Å². The summed E-state index contributed by atoms with van der Waals surface area (Å²) in [7, 11) is 1.52. The average molecular weight is 517 g/mol. The van der Waals surface area contributed by atoms with Crippen molar-refractivity contribution in [1.82, 2.24) is 9.47 Å². The molecule has 0 saturated carbocycles. The zero-order chi connectivity index (χ0) is 26.0. The molecule has 0 aliphatic carbocycles. The molecule has 0 spiro atoms. The van der Waals surface area contributed by atoms with Gasteiger partial charge in [-0.3, -0.25) is 14.5 Å². The Morgan fingerprint density at radius 3 is 2.42 bits per heavy atom. The van der Waals surface area contributed by atoms with Gasteiger partial charge < -0.3 is 14.0 Å². The Bertz CT molecular complexity index is 1350. The Labute approximate surface area is 210 Å². The van der Waals surface area contributed by atoms with Crippen molar-refractivity contribution in [3.63, 3.8) is 0 Å². The normalized spacial score (nSPS) is 15.2. The summed E-state index contributed by atoms with van der Waals surface area (Å²) in [5, 5.41) is -0.415. The second kappa shape index (κ2) is 10.1. The number of rotatable bonds is 7. The van der Waals surface area contributed by atoms with Gasteiger partial charge in [0.25, 0.3) is 11.1 Å². The zero-order valence-corrected chi connectivity index (χ0v) is 20.6. The van der Waals surface area contributed by atoms with Crippen LogP contribution in [0.1, 0.15) is 22.5 Å². The number of thioether (sulfide) groups is 1. The summed E-state index contributed by atoms with van der Waals surface area (Å²) >= 11 is 0.816.